The van der Waals surface area contributed by atoms with E-state index in [1.165, 1.54) is 29.0 Å². The molecule has 0 saturated carbocycles. The number of thiophene rings is 1. The van der Waals surface area contributed by atoms with Crippen molar-refractivity contribution in [1.29, 1.82) is 0 Å². The number of carbonyl (C=O) groups excluding carboxylic acids is 1. The maximum absolute atomic E-state index is 13.1. The first-order chi connectivity index (χ1) is 13.3. The maximum Gasteiger partial charge on any atom is 0.225 e. The number of hydrogen-bond donors (Lipinski definition) is 1. The topological polar surface area (TPSA) is 63.2 Å². The molecule has 3 aromatic rings. The number of anilines is 1. The molecular weight excluding hydrogens is 414 g/mol. The Hall–Kier alpha value is -2.15. The van der Waals surface area contributed by atoms with Crippen LogP contribution in [0, 0.1) is 13.8 Å². The lowest BCUT2D eigenvalue weighted by Gasteiger charge is -2.24. The van der Waals surface area contributed by atoms with Gasteiger partial charge in [0, 0.05) is 27.6 Å². The van der Waals surface area contributed by atoms with Crippen LogP contribution in [0.1, 0.15) is 33.9 Å². The molecule has 2 aromatic carbocycles. The standard InChI is InChI=1S/C21H18ClNO3S2/c1-12-3-4-14(9-13(12)2)17-10-19(24)23-20-18(11-27-21(17)20)28(25,26)16-7-5-15(22)6-8-16/h3-9,11,17H,10H2,1-2H3,(H,23,24). The Morgan fingerprint density at radius 2 is 1.79 bits per heavy atom. The lowest BCUT2D eigenvalue weighted by atomic mass is 9.89. The smallest absolute Gasteiger partial charge is 0.225 e. The van der Waals surface area contributed by atoms with Crippen molar-refractivity contribution in [2.24, 2.45) is 0 Å². The minimum Gasteiger partial charge on any atom is -0.324 e. The molecule has 4 nitrogen and oxygen atoms in total. The molecule has 0 spiro atoms. The van der Waals surface area contributed by atoms with Crippen molar-refractivity contribution in [3.8, 4) is 0 Å². The predicted molar refractivity (Wildman–Crippen MR) is 112 cm³/mol. The molecule has 0 radical (unpaired) electrons. The monoisotopic (exact) mass is 431 g/mol. The van der Waals surface area contributed by atoms with Crippen molar-refractivity contribution < 1.29 is 13.2 Å². The van der Waals surface area contributed by atoms with Crippen LogP contribution >= 0.6 is 22.9 Å². The normalized spacial score (nSPS) is 16.5. The molecule has 0 fully saturated rings. The predicted octanol–water partition coefficient (Wildman–Crippen LogP) is 5.33. The van der Waals surface area contributed by atoms with E-state index in [9.17, 15) is 13.2 Å². The summed E-state index contributed by atoms with van der Waals surface area (Å²) in [5.41, 5.74) is 3.76. The first-order valence-electron chi connectivity index (χ1n) is 8.76. The third-order valence-electron chi connectivity index (χ3n) is 5.10. The van der Waals surface area contributed by atoms with E-state index in [0.717, 1.165) is 16.0 Å². The van der Waals surface area contributed by atoms with Crippen molar-refractivity contribution >= 4 is 44.4 Å². The Morgan fingerprint density at radius 3 is 2.46 bits per heavy atom. The number of carbonyl (C=O) groups is 1. The lowest BCUT2D eigenvalue weighted by Crippen LogP contribution is -2.23. The van der Waals surface area contributed by atoms with Crippen LogP contribution in [0.3, 0.4) is 0 Å². The highest BCUT2D eigenvalue weighted by molar-refractivity contribution is 7.91. The second-order valence-corrected chi connectivity index (χ2v) is 10.2. The number of halogens is 1. The quantitative estimate of drug-likeness (QED) is 0.610. The van der Waals surface area contributed by atoms with Gasteiger partial charge in [-0.15, -0.1) is 11.3 Å². The molecule has 0 aliphatic carbocycles. The highest BCUT2D eigenvalue weighted by atomic mass is 35.5. The summed E-state index contributed by atoms with van der Waals surface area (Å²) in [4.78, 5) is 13.6. The zero-order chi connectivity index (χ0) is 20.1. The number of fused-ring (bicyclic) bond motifs is 1. The average Bonchev–Trinajstić information content (AvgIpc) is 3.08. The van der Waals surface area contributed by atoms with E-state index in [2.05, 4.69) is 11.4 Å². The molecule has 1 N–H and O–H groups in total. The van der Waals surface area contributed by atoms with E-state index in [1.807, 2.05) is 26.0 Å². The highest BCUT2D eigenvalue weighted by Crippen LogP contribution is 2.46. The van der Waals surface area contributed by atoms with Crippen LogP contribution < -0.4 is 5.32 Å². The Labute approximate surface area is 173 Å². The largest absolute Gasteiger partial charge is 0.324 e. The van der Waals surface area contributed by atoms with E-state index in [0.29, 0.717) is 17.1 Å². The summed E-state index contributed by atoms with van der Waals surface area (Å²) in [6.07, 6.45) is 0.302. The Morgan fingerprint density at radius 1 is 1.07 bits per heavy atom. The lowest BCUT2D eigenvalue weighted by molar-refractivity contribution is -0.116. The third kappa shape index (κ3) is 3.26. The third-order valence-corrected chi connectivity index (χ3v) is 8.39. The summed E-state index contributed by atoms with van der Waals surface area (Å²) >= 11 is 7.25. The fourth-order valence-corrected chi connectivity index (χ4v) is 6.43. The Kier molecular flexibility index (Phi) is 4.81. The summed E-state index contributed by atoms with van der Waals surface area (Å²) in [7, 11) is -3.76. The van der Waals surface area contributed by atoms with E-state index in [1.54, 1.807) is 17.5 Å². The van der Waals surface area contributed by atoms with Gasteiger partial charge in [-0.3, -0.25) is 4.79 Å². The molecule has 4 rings (SSSR count). The van der Waals surface area contributed by atoms with Gasteiger partial charge in [0.15, 0.2) is 0 Å². The second-order valence-electron chi connectivity index (χ2n) is 6.95. The Balaban J connectivity index is 1.82. The van der Waals surface area contributed by atoms with Gasteiger partial charge in [0.25, 0.3) is 0 Å². The van der Waals surface area contributed by atoms with Gasteiger partial charge in [-0.1, -0.05) is 29.8 Å². The van der Waals surface area contributed by atoms with Crippen molar-refractivity contribution in [2.45, 2.75) is 36.0 Å². The van der Waals surface area contributed by atoms with Gasteiger partial charge < -0.3 is 5.32 Å². The van der Waals surface area contributed by atoms with Crippen LogP contribution in [0.2, 0.25) is 5.02 Å². The van der Waals surface area contributed by atoms with Crippen LogP contribution in [0.4, 0.5) is 5.69 Å². The molecule has 1 aromatic heterocycles. The van der Waals surface area contributed by atoms with E-state index in [4.69, 9.17) is 11.6 Å². The number of rotatable bonds is 3. The van der Waals surface area contributed by atoms with Crippen molar-refractivity contribution in [3.63, 3.8) is 0 Å². The van der Waals surface area contributed by atoms with Gasteiger partial charge >= 0.3 is 0 Å². The Bertz CT molecular complexity index is 1180. The minimum absolute atomic E-state index is 0.136. The number of aryl methyl sites for hydroxylation is 2. The molecule has 0 saturated heterocycles. The summed E-state index contributed by atoms with van der Waals surface area (Å²) in [5.74, 6) is -0.330. The molecule has 28 heavy (non-hydrogen) atoms. The number of amides is 1. The first-order valence-corrected chi connectivity index (χ1v) is 11.5. The van der Waals surface area contributed by atoms with Gasteiger partial charge in [0.05, 0.1) is 10.6 Å². The molecule has 2 heterocycles. The van der Waals surface area contributed by atoms with Gasteiger partial charge in [0.1, 0.15) is 4.90 Å². The zero-order valence-corrected chi connectivity index (χ0v) is 17.7. The fourth-order valence-electron chi connectivity index (χ4n) is 3.39. The van der Waals surface area contributed by atoms with Crippen molar-refractivity contribution in [1.82, 2.24) is 0 Å². The van der Waals surface area contributed by atoms with Crippen molar-refractivity contribution in [3.05, 3.63) is 74.4 Å². The second kappa shape index (κ2) is 7.03. The number of benzene rings is 2. The maximum atomic E-state index is 13.1. The number of hydrogen-bond acceptors (Lipinski definition) is 4. The molecule has 0 bridgehead atoms. The van der Waals surface area contributed by atoms with Crippen LogP contribution in [0.5, 0.6) is 0 Å². The summed E-state index contributed by atoms with van der Waals surface area (Å²) in [6, 6.07) is 12.2. The highest BCUT2D eigenvalue weighted by Gasteiger charge is 2.34. The van der Waals surface area contributed by atoms with Crippen molar-refractivity contribution in [2.75, 3.05) is 5.32 Å². The minimum atomic E-state index is -3.76. The van der Waals surface area contributed by atoms with E-state index < -0.39 is 9.84 Å². The molecule has 144 valence electrons. The van der Waals surface area contributed by atoms with Gasteiger partial charge in [0.2, 0.25) is 15.7 Å². The van der Waals surface area contributed by atoms with E-state index in [-0.39, 0.29) is 21.6 Å². The SMILES string of the molecule is Cc1ccc(C2CC(=O)Nc3c(S(=O)(=O)c4ccc(Cl)cc4)csc32)cc1C. The van der Waals surface area contributed by atoms with Crippen LogP contribution in [0.15, 0.2) is 57.6 Å². The molecule has 1 aliphatic heterocycles. The zero-order valence-electron chi connectivity index (χ0n) is 15.3. The fraction of sp³-hybridized carbons (Fsp3) is 0.190. The van der Waals surface area contributed by atoms with Gasteiger partial charge in [-0.2, -0.15) is 0 Å². The molecule has 7 heteroatoms. The molecule has 1 amide bonds. The van der Waals surface area contributed by atoms with Crippen LogP contribution in [-0.4, -0.2) is 14.3 Å². The van der Waals surface area contributed by atoms with Crippen LogP contribution in [0.25, 0.3) is 0 Å². The number of sulfone groups is 1. The van der Waals surface area contributed by atoms with Gasteiger partial charge in [-0.05, 0) is 54.8 Å². The summed E-state index contributed by atoms with van der Waals surface area (Å²) in [6.45, 7) is 4.08. The summed E-state index contributed by atoms with van der Waals surface area (Å²) in [5, 5.41) is 4.87. The molecule has 1 atom stereocenters. The number of nitrogens with one attached hydrogen (secondary N) is 1. The molecule has 1 aliphatic rings. The van der Waals surface area contributed by atoms with Crippen LogP contribution in [-0.2, 0) is 14.6 Å². The van der Waals surface area contributed by atoms with Gasteiger partial charge in [-0.25, -0.2) is 8.42 Å². The summed E-state index contributed by atoms with van der Waals surface area (Å²) < 4.78 is 26.3. The molecular formula is C21H18ClNO3S2. The average molecular weight is 432 g/mol. The van der Waals surface area contributed by atoms with E-state index >= 15 is 0 Å². The first kappa shape index (κ1) is 19.2. The molecule has 1 unspecified atom stereocenters.